The SMILES string of the molecule is COC(=O)/C(=C(/O)CSc1nc(C2CC2)nc2ccccc12)c1nc2ccccc2[nH]1. The minimum atomic E-state index is -0.650. The minimum Gasteiger partial charge on any atom is -0.510 e. The van der Waals surface area contributed by atoms with Crippen LogP contribution in [0.5, 0.6) is 0 Å². The van der Waals surface area contributed by atoms with Crippen molar-refractivity contribution < 1.29 is 14.6 Å². The number of aromatic amines is 1. The first kappa shape index (κ1) is 19.6. The number of nitrogens with zero attached hydrogens (tertiary/aromatic N) is 3. The van der Waals surface area contributed by atoms with Crippen LogP contribution in [0.2, 0.25) is 0 Å². The van der Waals surface area contributed by atoms with Crippen LogP contribution in [0.15, 0.2) is 59.3 Å². The average Bonchev–Trinajstić information content (AvgIpc) is 3.56. The maximum atomic E-state index is 12.5. The summed E-state index contributed by atoms with van der Waals surface area (Å²) in [6, 6.07) is 15.3. The number of para-hydroxylation sites is 3. The maximum absolute atomic E-state index is 12.5. The molecule has 0 spiro atoms. The Morgan fingerprint density at radius 2 is 1.84 bits per heavy atom. The number of ether oxygens (including phenoxy) is 1. The van der Waals surface area contributed by atoms with E-state index in [1.165, 1.54) is 18.9 Å². The molecule has 1 fully saturated rings. The quantitative estimate of drug-likeness (QED) is 0.151. The van der Waals surface area contributed by atoms with Crippen molar-refractivity contribution in [3.63, 3.8) is 0 Å². The molecule has 2 N–H and O–H groups in total. The summed E-state index contributed by atoms with van der Waals surface area (Å²) in [5.74, 6) is 0.906. The number of aliphatic hydroxyl groups is 1. The molecule has 8 heteroatoms. The first-order chi connectivity index (χ1) is 15.1. The Morgan fingerprint density at radius 3 is 2.58 bits per heavy atom. The third kappa shape index (κ3) is 3.86. The van der Waals surface area contributed by atoms with E-state index < -0.39 is 5.97 Å². The zero-order valence-corrected chi connectivity index (χ0v) is 17.6. The summed E-state index contributed by atoms with van der Waals surface area (Å²) in [6.07, 6.45) is 2.21. The van der Waals surface area contributed by atoms with Gasteiger partial charge in [-0.2, -0.15) is 0 Å². The molecule has 0 aliphatic heterocycles. The van der Waals surface area contributed by atoms with Crippen molar-refractivity contribution in [3.8, 4) is 0 Å². The lowest BCUT2D eigenvalue weighted by Gasteiger charge is -2.10. The normalized spacial score (nSPS) is 14.6. The fraction of sp³-hybridized carbons (Fsp3) is 0.217. The molecule has 5 rings (SSSR count). The fourth-order valence-electron chi connectivity index (χ4n) is 3.43. The molecule has 2 aromatic heterocycles. The average molecular weight is 433 g/mol. The number of aliphatic hydroxyl groups excluding tert-OH is 1. The number of carbonyl (C=O) groups is 1. The molecule has 0 radical (unpaired) electrons. The highest BCUT2D eigenvalue weighted by Gasteiger charge is 2.28. The number of H-pyrrole nitrogens is 1. The second kappa shape index (κ2) is 8.03. The summed E-state index contributed by atoms with van der Waals surface area (Å²) < 4.78 is 4.91. The number of benzene rings is 2. The number of carbonyl (C=O) groups excluding carboxylic acids is 1. The largest absolute Gasteiger partial charge is 0.510 e. The van der Waals surface area contributed by atoms with Gasteiger partial charge in [0.15, 0.2) is 0 Å². The summed E-state index contributed by atoms with van der Waals surface area (Å²) in [6.45, 7) is 0. The van der Waals surface area contributed by atoms with Crippen molar-refractivity contribution in [2.45, 2.75) is 23.8 Å². The lowest BCUT2D eigenvalue weighted by Crippen LogP contribution is -2.10. The predicted molar refractivity (Wildman–Crippen MR) is 120 cm³/mol. The van der Waals surface area contributed by atoms with Crippen molar-refractivity contribution in [1.82, 2.24) is 19.9 Å². The first-order valence-electron chi connectivity index (χ1n) is 9.99. The molecule has 1 saturated carbocycles. The van der Waals surface area contributed by atoms with Crippen LogP contribution in [-0.2, 0) is 9.53 Å². The molecule has 0 saturated heterocycles. The third-order valence-electron chi connectivity index (χ3n) is 5.18. The second-order valence-corrected chi connectivity index (χ2v) is 8.35. The second-order valence-electron chi connectivity index (χ2n) is 7.38. The number of fused-ring (bicyclic) bond motifs is 2. The molecule has 1 aliphatic rings. The van der Waals surface area contributed by atoms with Crippen LogP contribution in [-0.4, -0.2) is 43.9 Å². The highest BCUT2D eigenvalue weighted by molar-refractivity contribution is 7.99. The smallest absolute Gasteiger partial charge is 0.345 e. The van der Waals surface area contributed by atoms with Crippen molar-refractivity contribution in [2.75, 3.05) is 12.9 Å². The van der Waals surface area contributed by atoms with Crippen LogP contribution >= 0.6 is 11.8 Å². The number of nitrogens with one attached hydrogen (secondary N) is 1. The zero-order chi connectivity index (χ0) is 21.4. The van der Waals surface area contributed by atoms with Crippen LogP contribution in [0.25, 0.3) is 27.5 Å². The number of hydrogen-bond acceptors (Lipinski definition) is 7. The van der Waals surface area contributed by atoms with E-state index in [-0.39, 0.29) is 22.9 Å². The summed E-state index contributed by atoms with van der Waals surface area (Å²) >= 11 is 1.37. The molecule has 1 aliphatic carbocycles. The van der Waals surface area contributed by atoms with Gasteiger partial charge >= 0.3 is 5.97 Å². The molecule has 31 heavy (non-hydrogen) atoms. The van der Waals surface area contributed by atoms with E-state index in [4.69, 9.17) is 9.72 Å². The Labute approximate surface area is 182 Å². The predicted octanol–water partition coefficient (Wildman–Crippen LogP) is 4.62. The molecule has 156 valence electrons. The van der Waals surface area contributed by atoms with Crippen LogP contribution in [0.3, 0.4) is 0 Å². The van der Waals surface area contributed by atoms with E-state index >= 15 is 0 Å². The molecular formula is C23H20N4O3S. The van der Waals surface area contributed by atoms with E-state index in [0.717, 1.165) is 40.1 Å². The van der Waals surface area contributed by atoms with Gasteiger partial charge in [0.25, 0.3) is 0 Å². The van der Waals surface area contributed by atoms with Gasteiger partial charge in [0.1, 0.15) is 28.0 Å². The van der Waals surface area contributed by atoms with E-state index in [9.17, 15) is 9.90 Å². The topological polar surface area (TPSA) is 101 Å². The van der Waals surface area contributed by atoms with Gasteiger partial charge in [-0.15, -0.1) is 0 Å². The van der Waals surface area contributed by atoms with E-state index in [2.05, 4.69) is 15.0 Å². The molecule has 0 atom stereocenters. The Kier molecular flexibility index (Phi) is 5.07. The molecule has 2 heterocycles. The van der Waals surface area contributed by atoms with Crippen LogP contribution in [0, 0.1) is 0 Å². The zero-order valence-electron chi connectivity index (χ0n) is 16.8. The molecule has 0 amide bonds. The number of hydrogen-bond donors (Lipinski definition) is 2. The number of thioether (sulfide) groups is 1. The molecule has 0 unspecified atom stereocenters. The van der Waals surface area contributed by atoms with E-state index in [0.29, 0.717) is 11.4 Å². The van der Waals surface area contributed by atoms with Gasteiger partial charge in [0, 0.05) is 11.3 Å². The lowest BCUT2D eigenvalue weighted by atomic mass is 10.2. The van der Waals surface area contributed by atoms with Gasteiger partial charge in [-0.3, -0.25) is 0 Å². The number of esters is 1. The lowest BCUT2D eigenvalue weighted by molar-refractivity contribution is -0.133. The van der Waals surface area contributed by atoms with Crippen LogP contribution in [0.4, 0.5) is 0 Å². The molecule has 0 bridgehead atoms. The Morgan fingerprint density at radius 1 is 1.10 bits per heavy atom. The van der Waals surface area contributed by atoms with E-state index in [1.54, 1.807) is 0 Å². The molecule has 4 aromatic rings. The summed E-state index contributed by atoms with van der Waals surface area (Å²) in [4.78, 5) is 29.4. The van der Waals surface area contributed by atoms with Gasteiger partial charge in [-0.05, 0) is 31.0 Å². The number of rotatable bonds is 6. The molecule has 2 aromatic carbocycles. The summed E-state index contributed by atoms with van der Waals surface area (Å²) in [5, 5.41) is 12.6. The Hall–Kier alpha value is -3.39. The van der Waals surface area contributed by atoms with Crippen molar-refractivity contribution in [1.29, 1.82) is 0 Å². The highest BCUT2D eigenvalue weighted by Crippen LogP contribution is 2.40. The number of aromatic nitrogens is 4. The van der Waals surface area contributed by atoms with Gasteiger partial charge < -0.3 is 14.8 Å². The van der Waals surface area contributed by atoms with Gasteiger partial charge in [-0.25, -0.2) is 19.7 Å². The van der Waals surface area contributed by atoms with Crippen molar-refractivity contribution in [2.24, 2.45) is 0 Å². The molecular weight excluding hydrogens is 412 g/mol. The monoisotopic (exact) mass is 432 g/mol. The third-order valence-corrected chi connectivity index (χ3v) is 6.18. The Bertz CT molecular complexity index is 1290. The van der Waals surface area contributed by atoms with Gasteiger partial charge in [-0.1, -0.05) is 42.1 Å². The Balaban J connectivity index is 1.51. The van der Waals surface area contributed by atoms with Crippen LogP contribution < -0.4 is 0 Å². The molecule has 7 nitrogen and oxygen atoms in total. The van der Waals surface area contributed by atoms with Crippen LogP contribution in [0.1, 0.15) is 30.4 Å². The van der Waals surface area contributed by atoms with Gasteiger partial charge in [0.05, 0.1) is 29.4 Å². The number of methoxy groups -OCH3 is 1. The van der Waals surface area contributed by atoms with Crippen molar-refractivity contribution in [3.05, 3.63) is 65.9 Å². The van der Waals surface area contributed by atoms with E-state index in [1.807, 2.05) is 48.5 Å². The fourth-order valence-corrected chi connectivity index (χ4v) is 4.34. The van der Waals surface area contributed by atoms with Gasteiger partial charge in [0.2, 0.25) is 0 Å². The standard InChI is InChI=1S/C23H20N4O3S/c1-30-23(29)19(21-25-16-8-4-5-9-17(16)26-21)18(28)12-31-22-14-6-2-3-7-15(14)24-20(27-22)13-10-11-13/h2-9,13,28H,10-12H2,1H3,(H,25,26)/b19-18+. The van der Waals surface area contributed by atoms with Crippen molar-refractivity contribution >= 4 is 45.2 Å². The summed E-state index contributed by atoms with van der Waals surface area (Å²) in [7, 11) is 1.28. The first-order valence-corrected chi connectivity index (χ1v) is 11.0. The number of imidazole rings is 1. The minimum absolute atomic E-state index is 0.0204. The maximum Gasteiger partial charge on any atom is 0.345 e. The highest BCUT2D eigenvalue weighted by atomic mass is 32.2. The summed E-state index contributed by atoms with van der Waals surface area (Å²) in [5.41, 5.74) is 2.38.